The van der Waals surface area contributed by atoms with Gasteiger partial charge >= 0.3 is 0 Å². The highest BCUT2D eigenvalue weighted by atomic mass is 35.5. The van der Waals surface area contributed by atoms with E-state index >= 15 is 0 Å². The van der Waals surface area contributed by atoms with Gasteiger partial charge < -0.3 is 9.72 Å². The molecule has 2 aromatic carbocycles. The molecule has 0 amide bonds. The van der Waals surface area contributed by atoms with Crippen LogP contribution in [-0.4, -0.2) is 21.3 Å². The molecule has 2 heterocycles. The number of H-pyrrole nitrogens is 2. The molecule has 5 heteroatoms. The van der Waals surface area contributed by atoms with Gasteiger partial charge in [-0.05, 0) is 55.0 Å². The first kappa shape index (κ1) is 15.8. The molecule has 0 atom stereocenters. The first-order chi connectivity index (χ1) is 12.1. The summed E-state index contributed by atoms with van der Waals surface area (Å²) >= 11 is 6.33. The zero-order valence-corrected chi connectivity index (χ0v) is 14.8. The Hall–Kier alpha value is -2.72. The molecule has 0 aliphatic rings. The standard InChI is InChI=1S/C20H18ClN3O/c1-12(2)25-20-6-5-14(8-17(20)21)19-9-18(23-24-19)13-3-4-15-10-22-11-16(15)7-13/h3-12,22H,1-2H3,(H,23,24). The summed E-state index contributed by atoms with van der Waals surface area (Å²) in [5.74, 6) is 0.689. The lowest BCUT2D eigenvalue weighted by atomic mass is 10.1. The smallest absolute Gasteiger partial charge is 0.138 e. The van der Waals surface area contributed by atoms with Crippen LogP contribution in [0.15, 0.2) is 54.9 Å². The van der Waals surface area contributed by atoms with Crippen LogP contribution in [0.5, 0.6) is 5.75 Å². The van der Waals surface area contributed by atoms with E-state index in [1.807, 2.05) is 50.5 Å². The molecule has 0 spiro atoms. The fourth-order valence-corrected chi connectivity index (χ4v) is 3.07. The number of hydrogen-bond donors (Lipinski definition) is 2. The van der Waals surface area contributed by atoms with Gasteiger partial charge in [0.25, 0.3) is 0 Å². The lowest BCUT2D eigenvalue weighted by Crippen LogP contribution is -2.05. The van der Waals surface area contributed by atoms with Crippen LogP contribution in [0.1, 0.15) is 13.8 Å². The van der Waals surface area contributed by atoms with Crippen LogP contribution in [0.4, 0.5) is 0 Å². The van der Waals surface area contributed by atoms with Gasteiger partial charge in [-0.25, -0.2) is 0 Å². The van der Waals surface area contributed by atoms with Crippen molar-refractivity contribution in [3.8, 4) is 28.3 Å². The molecule has 0 fully saturated rings. The lowest BCUT2D eigenvalue weighted by molar-refractivity contribution is 0.242. The summed E-state index contributed by atoms with van der Waals surface area (Å²) in [5, 5.41) is 10.5. The van der Waals surface area contributed by atoms with Crippen molar-refractivity contribution < 1.29 is 4.74 Å². The summed E-state index contributed by atoms with van der Waals surface area (Å²) in [6.07, 6.45) is 4.06. The maximum Gasteiger partial charge on any atom is 0.138 e. The third-order valence-corrected chi connectivity index (χ3v) is 4.34. The number of fused-ring (bicyclic) bond motifs is 1. The Morgan fingerprint density at radius 3 is 2.56 bits per heavy atom. The average molecular weight is 352 g/mol. The summed E-state index contributed by atoms with van der Waals surface area (Å²) in [7, 11) is 0. The van der Waals surface area contributed by atoms with Gasteiger partial charge in [-0.2, -0.15) is 5.10 Å². The predicted octanol–water partition coefficient (Wildman–Crippen LogP) is 5.67. The zero-order chi connectivity index (χ0) is 17.4. The van der Waals surface area contributed by atoms with Crippen LogP contribution in [0.2, 0.25) is 5.02 Å². The summed E-state index contributed by atoms with van der Waals surface area (Å²) in [5.41, 5.74) is 3.86. The van der Waals surface area contributed by atoms with Crippen molar-refractivity contribution in [2.45, 2.75) is 20.0 Å². The van der Waals surface area contributed by atoms with Gasteiger partial charge in [0.2, 0.25) is 0 Å². The molecule has 126 valence electrons. The highest BCUT2D eigenvalue weighted by Gasteiger charge is 2.10. The molecule has 4 nitrogen and oxygen atoms in total. The number of aromatic amines is 2. The molecule has 0 saturated heterocycles. The fraction of sp³-hybridized carbons (Fsp3) is 0.150. The summed E-state index contributed by atoms with van der Waals surface area (Å²) in [4.78, 5) is 3.12. The SMILES string of the molecule is CC(C)Oc1ccc(-c2cc(-c3ccc4c[nH]cc4c3)[nH]n2)cc1Cl. The molecule has 4 rings (SSSR count). The molecule has 25 heavy (non-hydrogen) atoms. The molecule has 0 aliphatic carbocycles. The number of rotatable bonds is 4. The van der Waals surface area contributed by atoms with Crippen LogP contribution >= 0.6 is 11.6 Å². The number of halogens is 1. The summed E-state index contributed by atoms with van der Waals surface area (Å²) in [6.45, 7) is 3.96. The molecule has 2 aromatic heterocycles. The molecule has 0 unspecified atom stereocenters. The van der Waals surface area contributed by atoms with Gasteiger partial charge in [0.05, 0.1) is 22.5 Å². The number of aromatic nitrogens is 3. The van der Waals surface area contributed by atoms with E-state index in [-0.39, 0.29) is 6.10 Å². The van der Waals surface area contributed by atoms with Crippen molar-refractivity contribution in [3.05, 3.63) is 59.9 Å². The molecular weight excluding hydrogens is 334 g/mol. The lowest BCUT2D eigenvalue weighted by Gasteiger charge is -2.11. The maximum absolute atomic E-state index is 6.33. The molecule has 0 aliphatic heterocycles. The van der Waals surface area contributed by atoms with E-state index in [0.717, 1.165) is 22.5 Å². The quantitative estimate of drug-likeness (QED) is 0.498. The van der Waals surface area contributed by atoms with Crippen molar-refractivity contribution in [1.82, 2.24) is 15.2 Å². The molecule has 0 bridgehead atoms. The van der Waals surface area contributed by atoms with E-state index in [1.165, 1.54) is 10.8 Å². The minimum Gasteiger partial charge on any atom is -0.489 e. The van der Waals surface area contributed by atoms with Gasteiger partial charge in [0.15, 0.2) is 0 Å². The first-order valence-electron chi connectivity index (χ1n) is 8.19. The summed E-state index contributed by atoms with van der Waals surface area (Å²) in [6, 6.07) is 14.1. The van der Waals surface area contributed by atoms with Crippen molar-refractivity contribution >= 4 is 22.4 Å². The molecule has 0 saturated carbocycles. The largest absolute Gasteiger partial charge is 0.489 e. The first-order valence-corrected chi connectivity index (χ1v) is 8.57. The Morgan fingerprint density at radius 2 is 1.76 bits per heavy atom. The molecule has 2 N–H and O–H groups in total. The molecule has 0 radical (unpaired) electrons. The van der Waals surface area contributed by atoms with Crippen molar-refractivity contribution in [2.75, 3.05) is 0 Å². The van der Waals surface area contributed by atoms with Gasteiger partial charge in [0, 0.05) is 23.5 Å². The normalized spacial score (nSPS) is 11.4. The van der Waals surface area contributed by atoms with Crippen LogP contribution < -0.4 is 4.74 Å². The van der Waals surface area contributed by atoms with Gasteiger partial charge in [-0.1, -0.05) is 23.7 Å². The predicted molar refractivity (Wildman–Crippen MR) is 102 cm³/mol. The van der Waals surface area contributed by atoms with E-state index < -0.39 is 0 Å². The average Bonchev–Trinajstić information content (AvgIpc) is 3.24. The van der Waals surface area contributed by atoms with Crippen LogP contribution in [0.3, 0.4) is 0 Å². The van der Waals surface area contributed by atoms with Gasteiger partial charge in [-0.3, -0.25) is 5.10 Å². The van der Waals surface area contributed by atoms with Crippen molar-refractivity contribution in [1.29, 1.82) is 0 Å². The maximum atomic E-state index is 6.33. The second-order valence-electron chi connectivity index (χ2n) is 6.28. The summed E-state index contributed by atoms with van der Waals surface area (Å²) < 4.78 is 5.68. The van der Waals surface area contributed by atoms with Gasteiger partial charge in [0.1, 0.15) is 5.75 Å². The Balaban J connectivity index is 1.65. The minimum absolute atomic E-state index is 0.0867. The Bertz CT molecular complexity index is 1030. The molecule has 4 aromatic rings. The minimum atomic E-state index is 0.0867. The monoisotopic (exact) mass is 351 g/mol. The second kappa shape index (κ2) is 6.30. The third kappa shape index (κ3) is 3.13. The van der Waals surface area contributed by atoms with E-state index in [1.54, 1.807) is 0 Å². The Kier molecular flexibility index (Phi) is 3.98. The van der Waals surface area contributed by atoms with E-state index in [2.05, 4.69) is 33.4 Å². The topological polar surface area (TPSA) is 53.7 Å². The van der Waals surface area contributed by atoms with Gasteiger partial charge in [-0.15, -0.1) is 0 Å². The van der Waals surface area contributed by atoms with E-state index in [0.29, 0.717) is 10.8 Å². The number of benzene rings is 2. The number of hydrogen-bond acceptors (Lipinski definition) is 2. The van der Waals surface area contributed by atoms with Crippen LogP contribution in [0, 0.1) is 0 Å². The van der Waals surface area contributed by atoms with Crippen LogP contribution in [-0.2, 0) is 0 Å². The van der Waals surface area contributed by atoms with E-state index in [9.17, 15) is 0 Å². The molecular formula is C20H18ClN3O. The van der Waals surface area contributed by atoms with E-state index in [4.69, 9.17) is 16.3 Å². The van der Waals surface area contributed by atoms with Crippen molar-refractivity contribution in [3.63, 3.8) is 0 Å². The third-order valence-electron chi connectivity index (χ3n) is 4.04. The Morgan fingerprint density at radius 1 is 0.960 bits per heavy atom. The second-order valence-corrected chi connectivity index (χ2v) is 6.68. The fourth-order valence-electron chi connectivity index (χ4n) is 2.85. The Labute approximate surface area is 150 Å². The highest BCUT2D eigenvalue weighted by Crippen LogP contribution is 2.32. The number of nitrogens with zero attached hydrogens (tertiary/aromatic N) is 1. The van der Waals surface area contributed by atoms with Crippen molar-refractivity contribution in [2.24, 2.45) is 0 Å². The van der Waals surface area contributed by atoms with Crippen LogP contribution in [0.25, 0.3) is 33.3 Å². The highest BCUT2D eigenvalue weighted by molar-refractivity contribution is 6.32. The number of ether oxygens (including phenoxy) is 1. The zero-order valence-electron chi connectivity index (χ0n) is 14.0. The number of nitrogens with one attached hydrogen (secondary N) is 2.